The van der Waals surface area contributed by atoms with Crippen molar-refractivity contribution in [3.63, 3.8) is 0 Å². The Balaban J connectivity index is 1.81. The molecule has 0 spiro atoms. The first-order chi connectivity index (χ1) is 12.1. The van der Waals surface area contributed by atoms with Crippen LogP contribution >= 0.6 is 0 Å². The number of hydrogen-bond donors (Lipinski definition) is 1. The van der Waals surface area contributed by atoms with E-state index in [4.69, 9.17) is 15.2 Å². The van der Waals surface area contributed by atoms with Gasteiger partial charge in [0.25, 0.3) is 0 Å². The van der Waals surface area contributed by atoms with Crippen LogP contribution in [-0.2, 0) is 16.4 Å². The molecule has 7 heteroatoms. The zero-order valence-electron chi connectivity index (χ0n) is 13.9. The van der Waals surface area contributed by atoms with Gasteiger partial charge in [0.15, 0.2) is 11.5 Å². The lowest BCUT2D eigenvalue weighted by atomic mass is 10.1. The molecule has 0 aliphatic carbocycles. The molecule has 0 unspecified atom stereocenters. The Hall–Kier alpha value is -2.09. The van der Waals surface area contributed by atoms with Crippen LogP contribution in [0.3, 0.4) is 0 Å². The molecular formula is C18H22N2O4S. The normalized spacial score (nSPS) is 13.8. The molecule has 6 nitrogen and oxygen atoms in total. The van der Waals surface area contributed by atoms with Gasteiger partial charge in [0.05, 0.1) is 4.90 Å². The van der Waals surface area contributed by atoms with E-state index in [1.807, 2.05) is 30.3 Å². The van der Waals surface area contributed by atoms with Crippen LogP contribution in [0.15, 0.2) is 53.4 Å². The molecular weight excluding hydrogens is 340 g/mol. The summed E-state index contributed by atoms with van der Waals surface area (Å²) in [5.74, 6) is 1.03. The van der Waals surface area contributed by atoms with Gasteiger partial charge in [-0.25, -0.2) is 8.42 Å². The van der Waals surface area contributed by atoms with Crippen molar-refractivity contribution in [2.45, 2.75) is 11.3 Å². The standard InChI is InChI=1S/C18H22N2O4S/c19-9-11-20(10-8-15-4-2-1-3-5-15)25(21,22)16-6-7-17-18(14-16)24-13-12-23-17/h1-7,14H,8-13,19H2. The van der Waals surface area contributed by atoms with E-state index in [0.717, 1.165) is 5.56 Å². The topological polar surface area (TPSA) is 81.9 Å². The first-order valence-corrected chi connectivity index (χ1v) is 9.69. The van der Waals surface area contributed by atoms with Gasteiger partial charge in [-0.15, -0.1) is 0 Å². The van der Waals surface area contributed by atoms with Gasteiger partial charge in [-0.1, -0.05) is 30.3 Å². The van der Waals surface area contributed by atoms with Crippen molar-refractivity contribution in [2.75, 3.05) is 32.8 Å². The molecule has 3 rings (SSSR count). The minimum atomic E-state index is -3.65. The van der Waals surface area contributed by atoms with E-state index in [0.29, 0.717) is 37.7 Å². The summed E-state index contributed by atoms with van der Waals surface area (Å²) in [6.45, 7) is 1.78. The second-order valence-corrected chi connectivity index (χ2v) is 7.67. The average molecular weight is 362 g/mol. The van der Waals surface area contributed by atoms with Crippen molar-refractivity contribution in [3.8, 4) is 11.5 Å². The molecule has 2 aromatic carbocycles. The molecule has 25 heavy (non-hydrogen) atoms. The summed E-state index contributed by atoms with van der Waals surface area (Å²) >= 11 is 0. The Labute approximate surface area is 148 Å². The first kappa shape index (κ1) is 17.7. The van der Waals surface area contributed by atoms with Crippen LogP contribution in [0.5, 0.6) is 11.5 Å². The quantitative estimate of drug-likeness (QED) is 0.810. The van der Waals surface area contributed by atoms with Crippen LogP contribution < -0.4 is 15.2 Å². The number of nitrogens with zero attached hydrogens (tertiary/aromatic N) is 1. The molecule has 1 aliphatic heterocycles. The summed E-state index contributed by atoms with van der Waals surface area (Å²) in [5.41, 5.74) is 6.72. The fourth-order valence-electron chi connectivity index (χ4n) is 2.73. The van der Waals surface area contributed by atoms with Crippen LogP contribution in [0.4, 0.5) is 0 Å². The third-order valence-corrected chi connectivity index (χ3v) is 5.92. The van der Waals surface area contributed by atoms with Crippen molar-refractivity contribution in [1.82, 2.24) is 4.31 Å². The summed E-state index contributed by atoms with van der Waals surface area (Å²) in [4.78, 5) is 0.193. The van der Waals surface area contributed by atoms with E-state index in [-0.39, 0.29) is 18.0 Å². The lowest BCUT2D eigenvalue weighted by Gasteiger charge is -2.23. The molecule has 2 N–H and O–H groups in total. The van der Waals surface area contributed by atoms with Gasteiger partial charge < -0.3 is 15.2 Å². The van der Waals surface area contributed by atoms with Gasteiger partial charge in [0.1, 0.15) is 13.2 Å². The van der Waals surface area contributed by atoms with Gasteiger partial charge in [-0.3, -0.25) is 0 Å². The van der Waals surface area contributed by atoms with Crippen molar-refractivity contribution in [3.05, 3.63) is 54.1 Å². The van der Waals surface area contributed by atoms with E-state index in [1.165, 1.54) is 10.4 Å². The molecule has 0 bridgehead atoms. The van der Waals surface area contributed by atoms with Gasteiger partial charge in [-0.2, -0.15) is 4.31 Å². The smallest absolute Gasteiger partial charge is 0.243 e. The van der Waals surface area contributed by atoms with Crippen molar-refractivity contribution < 1.29 is 17.9 Å². The Bertz CT molecular complexity index is 809. The molecule has 0 fully saturated rings. The van der Waals surface area contributed by atoms with Gasteiger partial charge in [0, 0.05) is 25.7 Å². The molecule has 1 aliphatic rings. The molecule has 0 amide bonds. The minimum absolute atomic E-state index is 0.193. The molecule has 0 radical (unpaired) electrons. The van der Waals surface area contributed by atoms with E-state index >= 15 is 0 Å². The van der Waals surface area contributed by atoms with Crippen LogP contribution in [0.1, 0.15) is 5.56 Å². The maximum Gasteiger partial charge on any atom is 0.243 e. The van der Waals surface area contributed by atoms with Crippen molar-refractivity contribution >= 4 is 10.0 Å². The van der Waals surface area contributed by atoms with E-state index in [9.17, 15) is 8.42 Å². The highest BCUT2D eigenvalue weighted by atomic mass is 32.2. The molecule has 134 valence electrons. The molecule has 0 saturated heterocycles. The van der Waals surface area contributed by atoms with Crippen LogP contribution in [0, 0.1) is 0 Å². The molecule has 2 aromatic rings. The SMILES string of the molecule is NCCN(CCc1ccccc1)S(=O)(=O)c1ccc2c(c1)OCCO2. The first-order valence-electron chi connectivity index (χ1n) is 8.25. The van der Waals surface area contributed by atoms with E-state index in [2.05, 4.69) is 0 Å². The van der Waals surface area contributed by atoms with Crippen LogP contribution in [0.25, 0.3) is 0 Å². The number of benzene rings is 2. The monoisotopic (exact) mass is 362 g/mol. The highest BCUT2D eigenvalue weighted by Gasteiger charge is 2.25. The molecule has 0 aromatic heterocycles. The number of ether oxygens (including phenoxy) is 2. The van der Waals surface area contributed by atoms with Gasteiger partial charge in [0.2, 0.25) is 10.0 Å². The van der Waals surface area contributed by atoms with Crippen LogP contribution in [0.2, 0.25) is 0 Å². The maximum absolute atomic E-state index is 13.0. The Morgan fingerprint density at radius 1 is 0.960 bits per heavy atom. The van der Waals surface area contributed by atoms with Crippen LogP contribution in [-0.4, -0.2) is 45.6 Å². The molecule has 1 heterocycles. The Kier molecular flexibility index (Phi) is 5.57. The van der Waals surface area contributed by atoms with E-state index in [1.54, 1.807) is 12.1 Å². The fraction of sp³-hybridized carbons (Fsp3) is 0.333. The minimum Gasteiger partial charge on any atom is -0.486 e. The van der Waals surface area contributed by atoms with Crippen molar-refractivity contribution in [2.24, 2.45) is 5.73 Å². The highest BCUT2D eigenvalue weighted by molar-refractivity contribution is 7.89. The maximum atomic E-state index is 13.0. The number of sulfonamides is 1. The summed E-state index contributed by atoms with van der Waals surface area (Å²) in [6.07, 6.45) is 0.630. The zero-order chi connectivity index (χ0) is 17.7. The Morgan fingerprint density at radius 2 is 1.68 bits per heavy atom. The van der Waals surface area contributed by atoms with E-state index < -0.39 is 10.0 Å². The lowest BCUT2D eigenvalue weighted by Crippen LogP contribution is -2.37. The highest BCUT2D eigenvalue weighted by Crippen LogP contribution is 2.33. The fourth-order valence-corrected chi connectivity index (χ4v) is 4.20. The number of hydrogen-bond acceptors (Lipinski definition) is 5. The lowest BCUT2D eigenvalue weighted by molar-refractivity contribution is 0.171. The number of fused-ring (bicyclic) bond motifs is 1. The molecule has 0 saturated carbocycles. The summed E-state index contributed by atoms with van der Waals surface area (Å²) < 4.78 is 38.4. The predicted octanol–water partition coefficient (Wildman–Crippen LogP) is 1.65. The second-order valence-electron chi connectivity index (χ2n) is 5.73. The van der Waals surface area contributed by atoms with Crippen molar-refractivity contribution in [1.29, 1.82) is 0 Å². The number of rotatable bonds is 7. The molecule has 0 atom stereocenters. The average Bonchev–Trinajstić information content (AvgIpc) is 2.65. The third-order valence-electron chi connectivity index (χ3n) is 4.02. The Morgan fingerprint density at radius 3 is 2.40 bits per heavy atom. The zero-order valence-corrected chi connectivity index (χ0v) is 14.7. The predicted molar refractivity (Wildman–Crippen MR) is 95.4 cm³/mol. The summed E-state index contributed by atoms with van der Waals surface area (Å²) in [5, 5.41) is 0. The summed E-state index contributed by atoms with van der Waals surface area (Å²) in [6, 6.07) is 14.5. The summed E-state index contributed by atoms with van der Waals surface area (Å²) in [7, 11) is -3.65. The van der Waals surface area contributed by atoms with Gasteiger partial charge >= 0.3 is 0 Å². The second kappa shape index (κ2) is 7.86. The number of nitrogens with two attached hydrogens (primary N) is 1. The largest absolute Gasteiger partial charge is 0.486 e. The third kappa shape index (κ3) is 4.12. The van der Waals surface area contributed by atoms with Gasteiger partial charge in [-0.05, 0) is 24.1 Å².